The maximum absolute atomic E-state index is 12.5. The maximum atomic E-state index is 12.5. The summed E-state index contributed by atoms with van der Waals surface area (Å²) < 4.78 is 4.74. The molecule has 0 bridgehead atoms. The van der Waals surface area contributed by atoms with Crippen molar-refractivity contribution in [1.82, 2.24) is 9.88 Å². The summed E-state index contributed by atoms with van der Waals surface area (Å²) in [5, 5.41) is 3.33. The Hall–Kier alpha value is -2.25. The van der Waals surface area contributed by atoms with Gasteiger partial charge in [0.05, 0.1) is 18.2 Å². The van der Waals surface area contributed by atoms with E-state index in [1.807, 2.05) is 6.20 Å². The van der Waals surface area contributed by atoms with Crippen LogP contribution in [0.4, 0.5) is 5.13 Å². The van der Waals surface area contributed by atoms with Crippen LogP contribution in [-0.2, 0) is 11.3 Å². The number of aromatic nitrogens is 1. The first-order valence-corrected chi connectivity index (χ1v) is 9.57. The molecule has 138 valence electrons. The zero-order valence-corrected chi connectivity index (χ0v) is 15.8. The molecule has 1 fully saturated rings. The minimum atomic E-state index is -0.533. The molecule has 1 amide bonds. The molecule has 26 heavy (non-hydrogen) atoms. The zero-order chi connectivity index (χ0) is 18.5. The monoisotopic (exact) mass is 373 g/mol. The number of ether oxygens (including phenoxy) is 1. The van der Waals surface area contributed by atoms with E-state index in [0.29, 0.717) is 11.2 Å². The Morgan fingerprint density at radius 3 is 2.81 bits per heavy atom. The number of likely N-dealkylation sites (tertiary alicyclic amines) is 1. The molecule has 1 N–H and O–H groups in total. The van der Waals surface area contributed by atoms with Crippen LogP contribution in [0.2, 0.25) is 0 Å². The number of nitrogens with zero attached hydrogens (tertiary/aromatic N) is 2. The van der Waals surface area contributed by atoms with Crippen molar-refractivity contribution < 1.29 is 14.3 Å². The largest absolute Gasteiger partial charge is 0.465 e. The van der Waals surface area contributed by atoms with Gasteiger partial charge in [0, 0.05) is 23.7 Å². The molecule has 2 aromatic rings. The lowest BCUT2D eigenvalue weighted by atomic mass is 10.0. The van der Waals surface area contributed by atoms with Crippen LogP contribution in [0.15, 0.2) is 30.5 Å². The lowest BCUT2D eigenvalue weighted by Crippen LogP contribution is -2.36. The third kappa shape index (κ3) is 4.28. The van der Waals surface area contributed by atoms with Gasteiger partial charge < -0.3 is 4.74 Å². The first-order chi connectivity index (χ1) is 12.6. The molecule has 1 aliphatic heterocycles. The highest BCUT2D eigenvalue weighted by atomic mass is 32.1. The van der Waals surface area contributed by atoms with Crippen LogP contribution in [0.3, 0.4) is 0 Å². The van der Waals surface area contributed by atoms with E-state index in [0.717, 1.165) is 18.0 Å². The highest BCUT2D eigenvalue weighted by Crippen LogP contribution is 2.24. The topological polar surface area (TPSA) is 71.5 Å². The van der Waals surface area contributed by atoms with Gasteiger partial charge >= 0.3 is 5.97 Å². The van der Waals surface area contributed by atoms with E-state index in [1.54, 1.807) is 24.3 Å². The number of amides is 1. The van der Waals surface area contributed by atoms with Gasteiger partial charge in [-0.3, -0.25) is 15.0 Å². The highest BCUT2D eigenvalue weighted by Gasteiger charge is 2.20. The number of carbonyl (C=O) groups is 2. The van der Waals surface area contributed by atoms with E-state index in [9.17, 15) is 9.59 Å². The number of rotatable bonds is 5. The highest BCUT2D eigenvalue weighted by molar-refractivity contribution is 7.15. The molecular weight excluding hydrogens is 350 g/mol. The number of carbonyl (C=O) groups excluding carboxylic acids is 2. The number of nitrogens with one attached hydrogen (secondary N) is 1. The maximum Gasteiger partial charge on any atom is 0.338 e. The smallest absolute Gasteiger partial charge is 0.338 e. The lowest BCUT2D eigenvalue weighted by molar-refractivity contribution is 0.0597. The van der Waals surface area contributed by atoms with Crippen LogP contribution >= 0.6 is 11.3 Å². The van der Waals surface area contributed by atoms with Crippen molar-refractivity contribution in [2.24, 2.45) is 0 Å². The molecule has 0 aliphatic carbocycles. The van der Waals surface area contributed by atoms with Crippen molar-refractivity contribution >= 4 is 28.3 Å². The van der Waals surface area contributed by atoms with E-state index in [-0.39, 0.29) is 17.0 Å². The van der Waals surface area contributed by atoms with Crippen LogP contribution in [0.1, 0.15) is 51.8 Å². The number of anilines is 1. The van der Waals surface area contributed by atoms with Crippen LogP contribution in [0, 0.1) is 0 Å². The molecule has 1 unspecified atom stereocenters. The van der Waals surface area contributed by atoms with Gasteiger partial charge in [-0.1, -0.05) is 18.6 Å². The average molecular weight is 373 g/mol. The van der Waals surface area contributed by atoms with Gasteiger partial charge in [0.1, 0.15) is 0 Å². The Morgan fingerprint density at radius 1 is 1.31 bits per heavy atom. The quantitative estimate of drug-likeness (QED) is 0.812. The first-order valence-electron chi connectivity index (χ1n) is 8.76. The second-order valence-electron chi connectivity index (χ2n) is 6.44. The Morgan fingerprint density at radius 2 is 2.08 bits per heavy atom. The minimum Gasteiger partial charge on any atom is -0.465 e. The molecule has 1 aliphatic rings. The summed E-state index contributed by atoms with van der Waals surface area (Å²) in [4.78, 5) is 32.3. The Bertz CT molecular complexity index is 790. The normalized spacial score (nSPS) is 17.7. The predicted molar refractivity (Wildman–Crippen MR) is 102 cm³/mol. The number of esters is 1. The predicted octanol–water partition coefficient (Wildman–Crippen LogP) is 3.56. The van der Waals surface area contributed by atoms with E-state index >= 15 is 0 Å². The summed E-state index contributed by atoms with van der Waals surface area (Å²) in [7, 11) is 1.30. The number of thiazole rings is 1. The number of methoxy groups -OCH3 is 1. The third-order valence-electron chi connectivity index (χ3n) is 4.65. The molecule has 3 rings (SSSR count). The number of benzene rings is 1. The summed E-state index contributed by atoms with van der Waals surface area (Å²) >= 11 is 1.47. The molecule has 2 heterocycles. The number of hydrogen-bond acceptors (Lipinski definition) is 6. The molecule has 0 spiro atoms. The summed E-state index contributed by atoms with van der Waals surface area (Å²) in [6.07, 6.45) is 5.57. The van der Waals surface area contributed by atoms with Gasteiger partial charge in [-0.2, -0.15) is 0 Å². The molecule has 1 saturated heterocycles. The van der Waals surface area contributed by atoms with Crippen molar-refractivity contribution in [3.05, 3.63) is 46.5 Å². The summed E-state index contributed by atoms with van der Waals surface area (Å²) in [5.74, 6) is -0.895. The Labute approximate surface area is 157 Å². The minimum absolute atomic E-state index is 0.242. The molecule has 1 aromatic carbocycles. The van der Waals surface area contributed by atoms with Gasteiger partial charge in [-0.05, 0) is 38.4 Å². The van der Waals surface area contributed by atoms with Crippen LogP contribution in [0.5, 0.6) is 0 Å². The fraction of sp³-hybridized carbons (Fsp3) is 0.421. The molecule has 7 heteroatoms. The molecule has 0 radical (unpaired) electrons. The average Bonchev–Trinajstić information content (AvgIpc) is 3.09. The van der Waals surface area contributed by atoms with Gasteiger partial charge in [0.25, 0.3) is 5.91 Å². The van der Waals surface area contributed by atoms with Gasteiger partial charge in [-0.15, -0.1) is 11.3 Å². The van der Waals surface area contributed by atoms with E-state index in [1.165, 1.54) is 37.7 Å². The summed E-state index contributed by atoms with van der Waals surface area (Å²) in [5.41, 5.74) is 0.521. The van der Waals surface area contributed by atoms with E-state index in [4.69, 9.17) is 4.74 Å². The van der Waals surface area contributed by atoms with Crippen LogP contribution in [-0.4, -0.2) is 41.5 Å². The zero-order valence-electron chi connectivity index (χ0n) is 15.0. The second kappa shape index (κ2) is 8.42. The Kier molecular flexibility index (Phi) is 6.00. The van der Waals surface area contributed by atoms with E-state index in [2.05, 4.69) is 22.1 Å². The lowest BCUT2D eigenvalue weighted by Gasteiger charge is -2.32. The molecular formula is C19H23N3O3S. The van der Waals surface area contributed by atoms with Crippen molar-refractivity contribution in [2.75, 3.05) is 19.0 Å². The van der Waals surface area contributed by atoms with Crippen molar-refractivity contribution in [1.29, 1.82) is 0 Å². The second-order valence-corrected chi connectivity index (χ2v) is 7.55. The van der Waals surface area contributed by atoms with E-state index < -0.39 is 5.97 Å². The van der Waals surface area contributed by atoms with Gasteiger partial charge in [-0.25, -0.2) is 9.78 Å². The fourth-order valence-electron chi connectivity index (χ4n) is 3.16. The number of piperidine rings is 1. The van der Waals surface area contributed by atoms with Gasteiger partial charge in [0.2, 0.25) is 0 Å². The van der Waals surface area contributed by atoms with Gasteiger partial charge in [0.15, 0.2) is 5.13 Å². The molecule has 0 saturated carbocycles. The van der Waals surface area contributed by atoms with Crippen molar-refractivity contribution in [3.63, 3.8) is 0 Å². The van der Waals surface area contributed by atoms with Crippen molar-refractivity contribution in [2.45, 2.75) is 38.8 Å². The summed E-state index contributed by atoms with van der Waals surface area (Å²) in [6.45, 7) is 4.22. The van der Waals surface area contributed by atoms with Crippen LogP contribution in [0.25, 0.3) is 0 Å². The fourth-order valence-corrected chi connectivity index (χ4v) is 4.00. The first kappa shape index (κ1) is 18.5. The van der Waals surface area contributed by atoms with Crippen molar-refractivity contribution in [3.8, 4) is 0 Å². The number of hydrogen-bond donors (Lipinski definition) is 1. The Balaban J connectivity index is 1.68. The SMILES string of the molecule is COC(=O)c1ccccc1C(=O)Nc1ncc(CN2CCCCC2C)s1. The molecule has 1 atom stereocenters. The third-order valence-corrected chi connectivity index (χ3v) is 5.55. The summed E-state index contributed by atoms with van der Waals surface area (Å²) in [6, 6.07) is 7.17. The molecule has 1 aromatic heterocycles. The standard InChI is InChI=1S/C19H23N3O3S/c1-13-7-5-6-10-22(13)12-14-11-20-19(26-14)21-17(23)15-8-3-4-9-16(15)18(24)25-2/h3-4,8-9,11,13H,5-7,10,12H2,1-2H3,(H,20,21,23). The van der Waals surface area contributed by atoms with Crippen LogP contribution < -0.4 is 5.32 Å². The molecule has 6 nitrogen and oxygen atoms in total.